The summed E-state index contributed by atoms with van der Waals surface area (Å²) in [6, 6.07) is 14.3. The van der Waals surface area contributed by atoms with Gasteiger partial charge >= 0.3 is 5.97 Å². The molecule has 3 aromatic carbocycles. The van der Waals surface area contributed by atoms with Crippen molar-refractivity contribution >= 4 is 45.8 Å². The number of amides is 2. The van der Waals surface area contributed by atoms with E-state index in [0.717, 1.165) is 22.4 Å². The topological polar surface area (TPSA) is 149 Å². The molecule has 0 aromatic heterocycles. The van der Waals surface area contributed by atoms with Gasteiger partial charge in [0.15, 0.2) is 11.6 Å². The first-order valence-corrected chi connectivity index (χ1v) is 13.9. The summed E-state index contributed by atoms with van der Waals surface area (Å²) < 4.78 is 0. The molecule has 1 heterocycles. The Morgan fingerprint density at radius 3 is 2.42 bits per heavy atom. The molecule has 214 valence electrons. The SMILES string of the molecule is CC1=CC(=O)C2=C(C1=O)[C@@H](c1c(O)ccc3ccccc13)C1=CC[C@@H]3C(=O)N(c4ccc(C(=O)O)c(O)c4)C(=O)[C@@H]3[C@@H]1C2. The summed E-state index contributed by atoms with van der Waals surface area (Å²) in [4.78, 5) is 67.3. The van der Waals surface area contributed by atoms with Crippen LogP contribution in [0.1, 0.15) is 41.6 Å². The molecule has 2 amide bonds. The molecule has 4 aliphatic rings. The van der Waals surface area contributed by atoms with E-state index in [1.54, 1.807) is 19.1 Å². The van der Waals surface area contributed by atoms with Crippen molar-refractivity contribution in [2.24, 2.45) is 17.8 Å². The van der Waals surface area contributed by atoms with E-state index in [4.69, 9.17) is 0 Å². The van der Waals surface area contributed by atoms with Gasteiger partial charge in [-0.15, -0.1) is 0 Å². The van der Waals surface area contributed by atoms with Crippen LogP contribution < -0.4 is 4.90 Å². The van der Waals surface area contributed by atoms with Crippen molar-refractivity contribution in [2.75, 3.05) is 4.90 Å². The van der Waals surface area contributed by atoms with Crippen LogP contribution in [-0.4, -0.2) is 44.7 Å². The van der Waals surface area contributed by atoms with Crippen LogP contribution in [0.15, 0.2) is 89.0 Å². The summed E-state index contributed by atoms with van der Waals surface area (Å²) in [5.74, 6) is -6.65. The van der Waals surface area contributed by atoms with Crippen molar-refractivity contribution in [3.05, 3.63) is 100 Å². The van der Waals surface area contributed by atoms with Gasteiger partial charge < -0.3 is 15.3 Å². The molecule has 0 saturated carbocycles. The summed E-state index contributed by atoms with van der Waals surface area (Å²) in [6.07, 6.45) is 3.44. The number of anilines is 1. The molecule has 43 heavy (non-hydrogen) atoms. The molecule has 3 aromatic rings. The molecule has 0 radical (unpaired) electrons. The first-order valence-electron chi connectivity index (χ1n) is 13.9. The zero-order valence-corrected chi connectivity index (χ0v) is 22.9. The van der Waals surface area contributed by atoms with Crippen molar-refractivity contribution in [1.82, 2.24) is 0 Å². The molecule has 0 unspecified atom stereocenters. The Kier molecular flexibility index (Phi) is 5.78. The predicted molar refractivity (Wildman–Crippen MR) is 154 cm³/mol. The lowest BCUT2D eigenvalue weighted by molar-refractivity contribution is -0.123. The fourth-order valence-corrected chi connectivity index (χ4v) is 7.37. The number of carboxylic acids is 1. The minimum Gasteiger partial charge on any atom is -0.508 e. The highest BCUT2D eigenvalue weighted by atomic mass is 16.4. The number of carboxylic acid groups (broad SMARTS) is 1. The lowest BCUT2D eigenvalue weighted by Crippen LogP contribution is -2.40. The standard InChI is InChI=1S/C34H25NO8/c1-15-12-25(37)23-14-22-19(29(30(23)31(15)39)28-18-5-3-2-4-16(18)6-11-24(28)36)9-10-21-27(22)33(41)35(32(21)40)17-7-8-20(34(42)43)26(38)13-17/h2-9,11-13,21-22,27,29,36,38H,10,14H2,1H3,(H,42,43)/t21-,22+,27-,29+/m0/s1. The van der Waals surface area contributed by atoms with E-state index in [9.17, 15) is 39.3 Å². The Bertz CT molecular complexity index is 1950. The van der Waals surface area contributed by atoms with Crippen LogP contribution in [0.4, 0.5) is 5.69 Å². The van der Waals surface area contributed by atoms with Gasteiger partial charge in [0.25, 0.3) is 0 Å². The van der Waals surface area contributed by atoms with Crippen molar-refractivity contribution in [3.8, 4) is 11.5 Å². The van der Waals surface area contributed by atoms with Gasteiger partial charge in [0, 0.05) is 34.3 Å². The highest BCUT2D eigenvalue weighted by Crippen LogP contribution is 2.57. The second-order valence-electron chi connectivity index (χ2n) is 11.5. The Morgan fingerprint density at radius 1 is 0.907 bits per heavy atom. The van der Waals surface area contributed by atoms with Gasteiger partial charge in [-0.05, 0) is 60.7 Å². The van der Waals surface area contributed by atoms with E-state index in [1.807, 2.05) is 30.3 Å². The summed E-state index contributed by atoms with van der Waals surface area (Å²) in [5, 5.41) is 32.4. The van der Waals surface area contributed by atoms with Crippen molar-refractivity contribution in [1.29, 1.82) is 0 Å². The second kappa shape index (κ2) is 9.35. The third-order valence-corrected chi connectivity index (χ3v) is 9.27. The van der Waals surface area contributed by atoms with E-state index < -0.39 is 47.2 Å². The lowest BCUT2D eigenvalue weighted by Gasteiger charge is -2.42. The van der Waals surface area contributed by atoms with Crippen molar-refractivity contribution in [3.63, 3.8) is 0 Å². The normalized spacial score (nSPS) is 24.9. The van der Waals surface area contributed by atoms with Crippen molar-refractivity contribution < 1.29 is 39.3 Å². The second-order valence-corrected chi connectivity index (χ2v) is 11.5. The van der Waals surface area contributed by atoms with E-state index in [-0.39, 0.29) is 47.0 Å². The number of aromatic carboxylic acids is 1. The zero-order valence-electron chi connectivity index (χ0n) is 22.9. The number of rotatable bonds is 3. The molecule has 9 nitrogen and oxygen atoms in total. The molecule has 1 saturated heterocycles. The Morgan fingerprint density at radius 2 is 1.67 bits per heavy atom. The maximum atomic E-state index is 14.1. The van der Waals surface area contributed by atoms with Gasteiger partial charge in [-0.1, -0.05) is 42.0 Å². The molecular weight excluding hydrogens is 550 g/mol. The van der Waals surface area contributed by atoms with Crippen molar-refractivity contribution in [2.45, 2.75) is 25.7 Å². The number of carbonyl (C=O) groups excluding carboxylic acids is 4. The number of fused-ring (bicyclic) bond motifs is 4. The number of phenolic OH excluding ortho intramolecular Hbond substituents is 1. The van der Waals surface area contributed by atoms with Crippen LogP contribution in [0.5, 0.6) is 11.5 Å². The summed E-state index contributed by atoms with van der Waals surface area (Å²) >= 11 is 0. The number of nitrogens with zero attached hydrogens (tertiary/aromatic N) is 1. The first-order chi connectivity index (χ1) is 20.6. The molecule has 0 bridgehead atoms. The largest absolute Gasteiger partial charge is 0.508 e. The quantitative estimate of drug-likeness (QED) is 0.233. The third kappa shape index (κ3) is 3.74. The van der Waals surface area contributed by atoms with E-state index in [2.05, 4.69) is 0 Å². The minimum absolute atomic E-state index is 0.0453. The summed E-state index contributed by atoms with van der Waals surface area (Å²) in [6.45, 7) is 1.59. The number of aromatic hydroxyl groups is 2. The fraction of sp³-hybridized carbons (Fsp3) is 0.206. The van der Waals surface area contributed by atoms with Crippen LogP contribution in [0.2, 0.25) is 0 Å². The van der Waals surface area contributed by atoms with Gasteiger partial charge in [-0.2, -0.15) is 0 Å². The molecule has 1 aliphatic heterocycles. The number of benzene rings is 3. The van der Waals surface area contributed by atoms with Crippen LogP contribution in [-0.2, 0) is 19.2 Å². The maximum absolute atomic E-state index is 14.1. The molecule has 3 N–H and O–H groups in total. The number of phenols is 2. The maximum Gasteiger partial charge on any atom is 0.339 e. The summed E-state index contributed by atoms with van der Waals surface area (Å²) in [7, 11) is 0. The Hall–Kier alpha value is -5.31. The van der Waals surface area contributed by atoms with Crippen LogP contribution in [0, 0.1) is 17.8 Å². The number of hydrogen-bond donors (Lipinski definition) is 3. The minimum atomic E-state index is -1.35. The van der Waals surface area contributed by atoms with E-state index in [1.165, 1.54) is 12.1 Å². The van der Waals surface area contributed by atoms with Gasteiger partial charge in [0.1, 0.15) is 17.1 Å². The van der Waals surface area contributed by atoms with Gasteiger partial charge in [-0.25, -0.2) is 9.69 Å². The number of hydrogen-bond acceptors (Lipinski definition) is 7. The molecule has 9 heteroatoms. The Labute approximate surface area is 245 Å². The first kappa shape index (κ1) is 26.6. The van der Waals surface area contributed by atoms with Gasteiger partial charge in [-0.3, -0.25) is 19.2 Å². The number of allylic oxidation sites excluding steroid dienone is 6. The molecule has 3 aliphatic carbocycles. The lowest BCUT2D eigenvalue weighted by atomic mass is 9.59. The fourth-order valence-electron chi connectivity index (χ4n) is 7.37. The average molecular weight is 576 g/mol. The van der Waals surface area contributed by atoms with E-state index >= 15 is 0 Å². The highest BCUT2D eigenvalue weighted by Gasteiger charge is 2.57. The number of imide groups is 1. The molecule has 7 rings (SSSR count). The van der Waals surface area contributed by atoms with Gasteiger partial charge in [0.05, 0.1) is 17.5 Å². The van der Waals surface area contributed by atoms with Crippen LogP contribution in [0.3, 0.4) is 0 Å². The Balaban J connectivity index is 1.39. The highest BCUT2D eigenvalue weighted by molar-refractivity contribution is 6.25. The number of ketones is 2. The third-order valence-electron chi connectivity index (χ3n) is 9.27. The summed E-state index contributed by atoms with van der Waals surface area (Å²) in [5.41, 5.74) is 1.73. The average Bonchev–Trinajstić information content (AvgIpc) is 3.24. The smallest absolute Gasteiger partial charge is 0.339 e. The molecule has 1 fully saturated rings. The van der Waals surface area contributed by atoms with Gasteiger partial charge in [0.2, 0.25) is 11.8 Å². The molecule has 4 atom stereocenters. The zero-order chi connectivity index (χ0) is 30.3. The van der Waals surface area contributed by atoms with Crippen LogP contribution in [0.25, 0.3) is 10.8 Å². The van der Waals surface area contributed by atoms with Crippen LogP contribution >= 0.6 is 0 Å². The monoisotopic (exact) mass is 575 g/mol. The predicted octanol–water partition coefficient (Wildman–Crippen LogP) is 4.58. The number of Topliss-reactive ketones (excluding diaryl/α,β-unsaturated/α-hetero) is 1. The van der Waals surface area contributed by atoms with E-state index in [0.29, 0.717) is 27.7 Å². The number of carbonyl (C=O) groups is 5. The molecule has 0 spiro atoms. The molecular formula is C34H25NO8.